The van der Waals surface area contributed by atoms with Crippen molar-refractivity contribution >= 4 is 29.5 Å². The van der Waals surface area contributed by atoms with Gasteiger partial charge in [0.05, 0.1) is 6.04 Å². The molecule has 0 aromatic carbocycles. The summed E-state index contributed by atoms with van der Waals surface area (Å²) in [6.07, 6.45) is 0. The summed E-state index contributed by atoms with van der Waals surface area (Å²) in [6.45, 7) is 2.92. The lowest BCUT2D eigenvalue weighted by atomic mass is 10.2. The Morgan fingerprint density at radius 2 is 2.44 bits per heavy atom. The van der Waals surface area contributed by atoms with Crippen LogP contribution in [0.1, 0.15) is 29.3 Å². The first-order chi connectivity index (χ1) is 8.66. The molecule has 2 atom stereocenters. The fraction of sp³-hybridized carbons (Fsp3) is 0.583. The first-order valence-corrected chi connectivity index (χ1v) is 8.13. The Bertz CT molecular complexity index is 402. The van der Waals surface area contributed by atoms with Gasteiger partial charge in [-0.2, -0.15) is 23.5 Å². The number of rotatable bonds is 5. The lowest BCUT2D eigenvalue weighted by Gasteiger charge is -2.22. The molecule has 1 aromatic rings. The van der Waals surface area contributed by atoms with Gasteiger partial charge < -0.3 is 14.8 Å². The van der Waals surface area contributed by atoms with Gasteiger partial charge in [-0.3, -0.25) is 0 Å². The molecule has 1 fully saturated rings. The fourth-order valence-corrected chi connectivity index (χ4v) is 4.39. The molecule has 18 heavy (non-hydrogen) atoms. The molecule has 2 heterocycles. The predicted octanol–water partition coefficient (Wildman–Crippen LogP) is 2.48. The minimum absolute atomic E-state index is 0.00115. The van der Waals surface area contributed by atoms with Crippen molar-refractivity contribution in [3.05, 3.63) is 23.7 Å². The molecule has 0 saturated carbocycles. The Balaban J connectivity index is 1.82. The molecule has 1 saturated heterocycles. The molecule has 0 spiro atoms. The van der Waals surface area contributed by atoms with Gasteiger partial charge in [-0.25, -0.2) is 4.79 Å². The Morgan fingerprint density at radius 1 is 1.61 bits per heavy atom. The number of nitrogens with one attached hydrogen (secondary N) is 1. The van der Waals surface area contributed by atoms with Crippen LogP contribution < -0.4 is 5.32 Å². The summed E-state index contributed by atoms with van der Waals surface area (Å²) >= 11 is 4.00. The van der Waals surface area contributed by atoms with E-state index < -0.39 is 5.97 Å². The Kier molecular flexibility index (Phi) is 5.03. The van der Waals surface area contributed by atoms with E-state index in [9.17, 15) is 4.79 Å². The molecule has 0 amide bonds. The first-order valence-electron chi connectivity index (χ1n) is 5.92. The van der Waals surface area contributed by atoms with Gasteiger partial charge >= 0.3 is 5.97 Å². The molecule has 0 aliphatic carbocycles. The number of furan rings is 1. The SMILES string of the molecule is CC(NCC1CSCCS1)c1ccc(C(=O)O)o1. The highest BCUT2D eigenvalue weighted by molar-refractivity contribution is 8.06. The molecule has 0 radical (unpaired) electrons. The minimum atomic E-state index is -1.02. The van der Waals surface area contributed by atoms with Crippen LogP contribution in [-0.4, -0.2) is 40.1 Å². The topological polar surface area (TPSA) is 62.5 Å². The second-order valence-electron chi connectivity index (χ2n) is 4.20. The van der Waals surface area contributed by atoms with Crippen LogP contribution in [0.2, 0.25) is 0 Å². The highest BCUT2D eigenvalue weighted by Gasteiger charge is 2.17. The lowest BCUT2D eigenvalue weighted by Crippen LogP contribution is -2.30. The van der Waals surface area contributed by atoms with Crippen molar-refractivity contribution in [1.29, 1.82) is 0 Å². The summed E-state index contributed by atoms with van der Waals surface area (Å²) in [6, 6.07) is 3.27. The average molecular weight is 287 g/mol. The Hall–Kier alpha value is -0.590. The van der Waals surface area contributed by atoms with Gasteiger partial charge in [0, 0.05) is 29.1 Å². The summed E-state index contributed by atoms with van der Waals surface area (Å²) in [5, 5.41) is 12.8. The van der Waals surface area contributed by atoms with E-state index in [1.165, 1.54) is 23.3 Å². The van der Waals surface area contributed by atoms with Gasteiger partial charge in [0.1, 0.15) is 5.76 Å². The van der Waals surface area contributed by atoms with E-state index in [0.717, 1.165) is 6.54 Å². The zero-order valence-electron chi connectivity index (χ0n) is 10.2. The van der Waals surface area contributed by atoms with Gasteiger partial charge in [-0.15, -0.1) is 0 Å². The third-order valence-electron chi connectivity index (χ3n) is 2.80. The van der Waals surface area contributed by atoms with E-state index in [4.69, 9.17) is 9.52 Å². The fourth-order valence-electron chi connectivity index (χ4n) is 1.76. The predicted molar refractivity (Wildman–Crippen MR) is 75.7 cm³/mol. The molecule has 4 nitrogen and oxygen atoms in total. The zero-order chi connectivity index (χ0) is 13.0. The van der Waals surface area contributed by atoms with Crippen molar-refractivity contribution in [3.8, 4) is 0 Å². The second kappa shape index (κ2) is 6.54. The molecular weight excluding hydrogens is 270 g/mol. The third-order valence-corrected chi connectivity index (χ3v) is 5.65. The van der Waals surface area contributed by atoms with Crippen LogP contribution in [0, 0.1) is 0 Å². The van der Waals surface area contributed by atoms with E-state index in [1.807, 2.05) is 30.4 Å². The standard InChI is InChI=1S/C12H17NO3S2/c1-8(10-2-3-11(16-10)12(14)15)13-6-9-7-17-4-5-18-9/h2-3,8-9,13H,4-7H2,1H3,(H,14,15). The summed E-state index contributed by atoms with van der Waals surface area (Å²) in [4.78, 5) is 10.7. The maximum Gasteiger partial charge on any atom is 0.371 e. The van der Waals surface area contributed by atoms with E-state index in [0.29, 0.717) is 11.0 Å². The van der Waals surface area contributed by atoms with Crippen molar-refractivity contribution < 1.29 is 14.3 Å². The Morgan fingerprint density at radius 3 is 3.06 bits per heavy atom. The molecule has 1 aliphatic heterocycles. The Labute approximate surface area is 115 Å². The van der Waals surface area contributed by atoms with Gasteiger partial charge in [0.2, 0.25) is 5.76 Å². The van der Waals surface area contributed by atoms with Crippen LogP contribution in [-0.2, 0) is 0 Å². The van der Waals surface area contributed by atoms with E-state index in [2.05, 4.69) is 5.32 Å². The monoisotopic (exact) mass is 287 g/mol. The van der Waals surface area contributed by atoms with Crippen LogP contribution in [0.4, 0.5) is 0 Å². The van der Waals surface area contributed by atoms with Crippen LogP contribution in [0.15, 0.2) is 16.5 Å². The second-order valence-corrected chi connectivity index (χ2v) is 6.76. The third kappa shape index (κ3) is 3.70. The summed E-state index contributed by atoms with van der Waals surface area (Å²) in [5.74, 6) is 3.31. The smallest absolute Gasteiger partial charge is 0.371 e. The number of aromatic carboxylic acids is 1. The van der Waals surface area contributed by atoms with Gasteiger partial charge in [-0.1, -0.05) is 0 Å². The number of carbonyl (C=O) groups is 1. The van der Waals surface area contributed by atoms with Gasteiger partial charge in [0.15, 0.2) is 0 Å². The number of hydrogen-bond donors (Lipinski definition) is 2. The highest BCUT2D eigenvalue weighted by atomic mass is 32.2. The molecule has 2 rings (SSSR count). The van der Waals surface area contributed by atoms with Crippen LogP contribution >= 0.6 is 23.5 Å². The lowest BCUT2D eigenvalue weighted by molar-refractivity contribution is 0.0659. The van der Waals surface area contributed by atoms with Crippen molar-refractivity contribution in [2.24, 2.45) is 0 Å². The maximum atomic E-state index is 10.7. The number of thioether (sulfide) groups is 2. The van der Waals surface area contributed by atoms with Crippen LogP contribution in [0.5, 0.6) is 0 Å². The zero-order valence-corrected chi connectivity index (χ0v) is 11.9. The molecule has 6 heteroatoms. The normalized spacial score (nSPS) is 21.7. The molecular formula is C12H17NO3S2. The summed E-state index contributed by atoms with van der Waals surface area (Å²) < 4.78 is 5.27. The minimum Gasteiger partial charge on any atom is -0.475 e. The van der Waals surface area contributed by atoms with E-state index >= 15 is 0 Å². The quantitative estimate of drug-likeness (QED) is 0.867. The number of hydrogen-bond acceptors (Lipinski definition) is 5. The van der Waals surface area contributed by atoms with Gasteiger partial charge in [-0.05, 0) is 19.1 Å². The molecule has 0 bridgehead atoms. The molecule has 2 N–H and O–H groups in total. The summed E-state index contributed by atoms with van der Waals surface area (Å²) in [7, 11) is 0. The maximum absolute atomic E-state index is 10.7. The number of carboxylic acid groups (broad SMARTS) is 1. The molecule has 2 unspecified atom stereocenters. The van der Waals surface area contributed by atoms with Crippen molar-refractivity contribution in [3.63, 3.8) is 0 Å². The van der Waals surface area contributed by atoms with E-state index in [-0.39, 0.29) is 11.8 Å². The van der Waals surface area contributed by atoms with Crippen molar-refractivity contribution in [2.75, 3.05) is 23.8 Å². The van der Waals surface area contributed by atoms with Gasteiger partial charge in [0.25, 0.3) is 0 Å². The largest absolute Gasteiger partial charge is 0.475 e. The number of carboxylic acids is 1. The van der Waals surface area contributed by atoms with Crippen LogP contribution in [0.3, 0.4) is 0 Å². The highest BCUT2D eigenvalue weighted by Crippen LogP contribution is 2.24. The van der Waals surface area contributed by atoms with Crippen molar-refractivity contribution in [2.45, 2.75) is 18.2 Å². The first kappa shape index (κ1) is 13.8. The summed E-state index contributed by atoms with van der Waals surface area (Å²) in [5.41, 5.74) is 0. The van der Waals surface area contributed by atoms with Crippen LogP contribution in [0.25, 0.3) is 0 Å². The van der Waals surface area contributed by atoms with E-state index in [1.54, 1.807) is 6.07 Å². The van der Waals surface area contributed by atoms with Crippen molar-refractivity contribution in [1.82, 2.24) is 5.32 Å². The molecule has 1 aromatic heterocycles. The molecule has 100 valence electrons. The molecule has 1 aliphatic rings. The average Bonchev–Trinajstić information content (AvgIpc) is 2.87.